The molecule has 1 heterocycles. The Labute approximate surface area is 180 Å². The summed E-state index contributed by atoms with van der Waals surface area (Å²) in [5.74, 6) is 1.04. The van der Waals surface area contributed by atoms with Crippen molar-refractivity contribution in [3.63, 3.8) is 0 Å². The van der Waals surface area contributed by atoms with Crippen LogP contribution in [-0.2, 0) is 6.42 Å². The first-order valence-corrected chi connectivity index (χ1v) is 11.0. The molecule has 0 saturated heterocycles. The maximum atomic E-state index is 12.2. The van der Waals surface area contributed by atoms with Gasteiger partial charge >= 0.3 is 6.01 Å². The van der Waals surface area contributed by atoms with Gasteiger partial charge in [0.15, 0.2) is 0 Å². The van der Waals surface area contributed by atoms with E-state index in [0.717, 1.165) is 36.7 Å². The number of halogens is 1. The number of nitrogens with two attached hydrogens (primary N) is 1. The number of hydrogen-bond acceptors (Lipinski definition) is 7. The molecule has 0 atom stereocenters. The Kier molecular flexibility index (Phi) is 10.4. The summed E-state index contributed by atoms with van der Waals surface area (Å²) in [7, 11) is 0. The first-order chi connectivity index (χ1) is 14.2. The van der Waals surface area contributed by atoms with Gasteiger partial charge in [-0.05, 0) is 50.4 Å². The monoisotopic (exact) mass is 464 g/mol. The highest BCUT2D eigenvalue weighted by molar-refractivity contribution is 9.09. The van der Waals surface area contributed by atoms with Crippen LogP contribution in [-0.4, -0.2) is 52.4 Å². The number of aromatic nitrogens is 3. The molecule has 1 aromatic carbocycles. The number of nitrogens with zero attached hydrogens (tertiary/aromatic N) is 3. The van der Waals surface area contributed by atoms with Crippen molar-refractivity contribution in [2.24, 2.45) is 5.73 Å². The van der Waals surface area contributed by atoms with Gasteiger partial charge in [0.1, 0.15) is 5.82 Å². The van der Waals surface area contributed by atoms with E-state index in [1.165, 1.54) is 0 Å². The normalized spacial score (nSPS) is 10.6. The molecule has 4 N–H and O–H groups in total. The summed E-state index contributed by atoms with van der Waals surface area (Å²) in [4.78, 5) is 25.3. The van der Waals surface area contributed by atoms with Gasteiger partial charge in [0.2, 0.25) is 5.95 Å². The number of benzene rings is 1. The maximum absolute atomic E-state index is 12.2. The molecule has 1 aromatic heterocycles. The predicted octanol–water partition coefficient (Wildman–Crippen LogP) is 2.53. The number of anilines is 1. The average Bonchev–Trinajstić information content (AvgIpc) is 2.72. The Balaban J connectivity index is 2.01. The summed E-state index contributed by atoms with van der Waals surface area (Å²) in [6, 6.07) is 7.77. The smallest absolute Gasteiger partial charge is 0.321 e. The highest BCUT2D eigenvalue weighted by atomic mass is 79.9. The fourth-order valence-corrected chi connectivity index (χ4v) is 2.83. The second-order valence-electron chi connectivity index (χ2n) is 6.39. The lowest BCUT2D eigenvalue weighted by atomic mass is 10.1. The van der Waals surface area contributed by atoms with Crippen LogP contribution in [0.5, 0.6) is 6.01 Å². The zero-order valence-corrected chi connectivity index (χ0v) is 18.4. The lowest BCUT2D eigenvalue weighted by molar-refractivity contribution is 0.0953. The van der Waals surface area contributed by atoms with Gasteiger partial charge in [-0.2, -0.15) is 15.0 Å². The number of rotatable bonds is 13. The van der Waals surface area contributed by atoms with Crippen molar-refractivity contribution in [3.05, 3.63) is 41.2 Å². The zero-order chi connectivity index (χ0) is 20.9. The molecule has 1 amide bonds. The molecule has 2 rings (SSSR count). The van der Waals surface area contributed by atoms with Gasteiger partial charge in [0.05, 0.1) is 6.61 Å². The summed E-state index contributed by atoms with van der Waals surface area (Å²) in [5, 5.41) is 7.00. The van der Waals surface area contributed by atoms with Gasteiger partial charge in [-0.25, -0.2) is 0 Å². The number of ether oxygens (including phenoxy) is 1. The van der Waals surface area contributed by atoms with Crippen LogP contribution in [0.1, 0.15) is 47.9 Å². The van der Waals surface area contributed by atoms with Crippen molar-refractivity contribution in [2.75, 3.05) is 36.9 Å². The van der Waals surface area contributed by atoms with Crippen LogP contribution >= 0.6 is 15.9 Å². The van der Waals surface area contributed by atoms with E-state index in [1.807, 2.05) is 31.2 Å². The van der Waals surface area contributed by atoms with E-state index in [-0.39, 0.29) is 5.91 Å². The lowest BCUT2D eigenvalue weighted by Gasteiger charge is -2.09. The molecule has 158 valence electrons. The molecule has 0 radical (unpaired) electrons. The third kappa shape index (κ3) is 8.33. The number of carbonyl (C=O) groups excluding carboxylic acids is 1. The maximum Gasteiger partial charge on any atom is 0.321 e. The molecule has 0 aliphatic rings. The summed E-state index contributed by atoms with van der Waals surface area (Å²) in [6.45, 7) is 4.41. The lowest BCUT2D eigenvalue weighted by Crippen LogP contribution is -2.24. The van der Waals surface area contributed by atoms with Crippen LogP contribution < -0.4 is 21.1 Å². The zero-order valence-electron chi connectivity index (χ0n) is 16.8. The standard InChI is InChI=1S/C20H29BrN6O2/c1-2-29-20-26-17(25-19(27-20)24-13-5-10-21)14-15-6-8-16(9-7-15)18(28)23-12-4-3-11-22/h6-9H,2-5,10-14,22H2,1H3,(H,23,28)(H,24,25,26,27). The first kappa shape index (κ1) is 23.0. The molecular weight excluding hydrogens is 436 g/mol. The largest absolute Gasteiger partial charge is 0.464 e. The summed E-state index contributed by atoms with van der Waals surface area (Å²) in [6.07, 6.45) is 3.27. The van der Waals surface area contributed by atoms with Gasteiger partial charge in [-0.3, -0.25) is 4.79 Å². The molecule has 0 aliphatic carbocycles. The molecule has 0 fully saturated rings. The molecular formula is C20H29BrN6O2. The van der Waals surface area contributed by atoms with Crippen LogP contribution in [0.4, 0.5) is 5.95 Å². The van der Waals surface area contributed by atoms with Gasteiger partial charge in [-0.15, -0.1) is 0 Å². The molecule has 2 aromatic rings. The fraction of sp³-hybridized carbons (Fsp3) is 0.500. The summed E-state index contributed by atoms with van der Waals surface area (Å²) >= 11 is 3.41. The number of nitrogens with one attached hydrogen (secondary N) is 2. The minimum absolute atomic E-state index is 0.0781. The fourth-order valence-electron chi connectivity index (χ4n) is 2.55. The minimum atomic E-state index is -0.0781. The van der Waals surface area contributed by atoms with E-state index in [2.05, 4.69) is 41.5 Å². The average molecular weight is 465 g/mol. The molecule has 9 heteroatoms. The molecule has 0 bridgehead atoms. The second kappa shape index (κ2) is 13.1. The van der Waals surface area contributed by atoms with Crippen LogP contribution in [0, 0.1) is 0 Å². The Morgan fingerprint density at radius 3 is 2.59 bits per heavy atom. The highest BCUT2D eigenvalue weighted by Gasteiger charge is 2.10. The quantitative estimate of drug-likeness (QED) is 0.308. The first-order valence-electron chi connectivity index (χ1n) is 9.91. The number of amides is 1. The number of carbonyl (C=O) groups is 1. The predicted molar refractivity (Wildman–Crippen MR) is 118 cm³/mol. The van der Waals surface area contributed by atoms with E-state index >= 15 is 0 Å². The molecule has 0 saturated carbocycles. The van der Waals surface area contributed by atoms with Gasteiger partial charge in [0, 0.05) is 30.4 Å². The van der Waals surface area contributed by atoms with Gasteiger partial charge in [-0.1, -0.05) is 28.1 Å². The SMILES string of the molecule is CCOc1nc(Cc2ccc(C(=O)NCCCCN)cc2)nc(NCCCBr)n1. The number of unbranched alkanes of at least 4 members (excludes halogenated alkanes) is 1. The van der Waals surface area contributed by atoms with Crippen LogP contribution in [0.15, 0.2) is 24.3 Å². The van der Waals surface area contributed by atoms with Crippen molar-refractivity contribution in [1.82, 2.24) is 20.3 Å². The van der Waals surface area contributed by atoms with Crippen LogP contribution in [0.3, 0.4) is 0 Å². The molecule has 0 spiro atoms. The van der Waals surface area contributed by atoms with E-state index < -0.39 is 0 Å². The number of alkyl halides is 1. The summed E-state index contributed by atoms with van der Waals surface area (Å²) < 4.78 is 5.46. The van der Waals surface area contributed by atoms with E-state index in [0.29, 0.717) is 49.5 Å². The van der Waals surface area contributed by atoms with Crippen LogP contribution in [0.2, 0.25) is 0 Å². The third-order valence-electron chi connectivity index (χ3n) is 4.02. The van der Waals surface area contributed by atoms with Crippen molar-refractivity contribution in [2.45, 2.75) is 32.6 Å². The van der Waals surface area contributed by atoms with E-state index in [1.54, 1.807) is 0 Å². The number of hydrogen-bond donors (Lipinski definition) is 3. The summed E-state index contributed by atoms with van der Waals surface area (Å²) in [5.41, 5.74) is 7.09. The molecule has 8 nitrogen and oxygen atoms in total. The Bertz CT molecular complexity index is 757. The van der Waals surface area contributed by atoms with E-state index in [9.17, 15) is 4.79 Å². The van der Waals surface area contributed by atoms with Crippen molar-refractivity contribution < 1.29 is 9.53 Å². The Morgan fingerprint density at radius 2 is 1.90 bits per heavy atom. The topological polar surface area (TPSA) is 115 Å². The van der Waals surface area contributed by atoms with E-state index in [4.69, 9.17) is 10.5 Å². The Morgan fingerprint density at radius 1 is 1.10 bits per heavy atom. The Hall–Kier alpha value is -2.26. The van der Waals surface area contributed by atoms with Gasteiger partial charge in [0.25, 0.3) is 5.91 Å². The van der Waals surface area contributed by atoms with Crippen molar-refractivity contribution >= 4 is 27.8 Å². The van der Waals surface area contributed by atoms with Crippen LogP contribution in [0.25, 0.3) is 0 Å². The minimum Gasteiger partial charge on any atom is -0.464 e. The molecule has 0 unspecified atom stereocenters. The third-order valence-corrected chi connectivity index (χ3v) is 4.58. The van der Waals surface area contributed by atoms with Crippen molar-refractivity contribution in [3.8, 4) is 6.01 Å². The highest BCUT2D eigenvalue weighted by Crippen LogP contribution is 2.13. The van der Waals surface area contributed by atoms with Gasteiger partial charge < -0.3 is 21.1 Å². The molecule has 0 aliphatic heterocycles. The van der Waals surface area contributed by atoms with Crippen molar-refractivity contribution in [1.29, 1.82) is 0 Å². The second-order valence-corrected chi connectivity index (χ2v) is 7.18. The molecule has 29 heavy (non-hydrogen) atoms.